The molecule has 0 saturated carbocycles. The molecular formula is C22H20N2O. The van der Waals surface area contributed by atoms with Gasteiger partial charge in [-0.15, -0.1) is 0 Å². The zero-order valence-corrected chi connectivity index (χ0v) is 14.1. The number of carbonyl (C=O) groups is 1. The number of hydrogen-bond acceptors (Lipinski definition) is 2. The zero-order valence-electron chi connectivity index (χ0n) is 14.1. The Labute approximate surface area is 148 Å². The molecule has 0 aliphatic carbocycles. The molecule has 0 bridgehead atoms. The average Bonchev–Trinajstić information content (AvgIpc) is 2.67. The summed E-state index contributed by atoms with van der Waals surface area (Å²) >= 11 is 0. The van der Waals surface area contributed by atoms with Crippen LogP contribution in [0, 0.1) is 11.8 Å². The number of benzene rings is 2. The lowest BCUT2D eigenvalue weighted by molar-refractivity contribution is -0.117. The summed E-state index contributed by atoms with van der Waals surface area (Å²) in [7, 11) is 0. The second-order valence-corrected chi connectivity index (χ2v) is 5.15. The van der Waals surface area contributed by atoms with E-state index in [4.69, 9.17) is 0 Å². The number of hydrogen-bond donors (Lipinski definition) is 2. The molecule has 0 aromatic heterocycles. The fraction of sp³-hybridized carbons (Fsp3) is 0.0455. The Morgan fingerprint density at radius 3 is 2.24 bits per heavy atom. The van der Waals surface area contributed by atoms with Crippen LogP contribution in [0.15, 0.2) is 91.0 Å². The average molecular weight is 328 g/mol. The van der Waals surface area contributed by atoms with Gasteiger partial charge in [-0.3, -0.25) is 15.6 Å². The van der Waals surface area contributed by atoms with Crippen molar-refractivity contribution in [3.63, 3.8) is 0 Å². The molecule has 1 amide bonds. The highest BCUT2D eigenvalue weighted by Crippen LogP contribution is 2.06. The molecule has 0 aliphatic heterocycles. The van der Waals surface area contributed by atoms with E-state index >= 15 is 0 Å². The third-order valence-corrected chi connectivity index (χ3v) is 3.31. The molecular weight excluding hydrogens is 308 g/mol. The summed E-state index contributed by atoms with van der Waals surface area (Å²) in [4.78, 5) is 11.9. The Bertz CT molecular complexity index is 838. The van der Waals surface area contributed by atoms with Crippen molar-refractivity contribution in [3.8, 4) is 11.8 Å². The van der Waals surface area contributed by atoms with Crippen LogP contribution < -0.4 is 10.9 Å². The number of nitrogens with one attached hydrogen (secondary N) is 2. The molecule has 0 spiro atoms. The first kappa shape index (κ1) is 17.8. The molecule has 0 saturated heterocycles. The second-order valence-electron chi connectivity index (χ2n) is 5.15. The van der Waals surface area contributed by atoms with Gasteiger partial charge in [-0.25, -0.2) is 0 Å². The topological polar surface area (TPSA) is 41.1 Å². The van der Waals surface area contributed by atoms with E-state index in [2.05, 4.69) is 29.3 Å². The molecule has 0 aliphatic rings. The zero-order chi connectivity index (χ0) is 17.9. The largest absolute Gasteiger partial charge is 0.298 e. The Hall–Kier alpha value is -3.51. The van der Waals surface area contributed by atoms with Crippen LogP contribution in [-0.2, 0) is 4.79 Å². The van der Waals surface area contributed by atoms with Gasteiger partial charge in [-0.05, 0) is 30.7 Å². The first-order valence-electron chi connectivity index (χ1n) is 7.91. The van der Waals surface area contributed by atoms with E-state index < -0.39 is 0 Å². The number of allylic oxidation sites excluding steroid dienone is 3. The smallest absolute Gasteiger partial charge is 0.262 e. The Balaban J connectivity index is 1.88. The van der Waals surface area contributed by atoms with E-state index in [1.807, 2.05) is 73.7 Å². The molecule has 3 heteroatoms. The third kappa shape index (κ3) is 6.25. The van der Waals surface area contributed by atoms with Crippen LogP contribution in [0.4, 0.5) is 0 Å². The third-order valence-electron chi connectivity index (χ3n) is 3.31. The summed E-state index contributed by atoms with van der Waals surface area (Å²) in [6, 6.07) is 19.3. The van der Waals surface area contributed by atoms with Crippen LogP contribution in [0.3, 0.4) is 0 Å². The minimum atomic E-state index is -0.280. The molecule has 3 nitrogen and oxygen atoms in total. The molecule has 2 N–H and O–H groups in total. The standard InChI is InChI=1S/C22H20N2O/c1-3-19(14-15-20-10-6-4-7-11-20)16-17-22(25)24-23-18(2)21-12-8-5-9-13-21/h3-13,16-17,23H,2H2,1H3,(H,24,25)/b17-16+,19-3-. The van der Waals surface area contributed by atoms with Crippen molar-refractivity contribution in [3.05, 3.63) is 102 Å². The normalized spacial score (nSPS) is 10.7. The van der Waals surface area contributed by atoms with Gasteiger partial charge in [0.05, 0.1) is 5.70 Å². The van der Waals surface area contributed by atoms with Crippen LogP contribution in [0.2, 0.25) is 0 Å². The van der Waals surface area contributed by atoms with Crippen LogP contribution >= 0.6 is 0 Å². The van der Waals surface area contributed by atoms with Gasteiger partial charge in [-0.2, -0.15) is 0 Å². The first-order chi connectivity index (χ1) is 12.2. The lowest BCUT2D eigenvalue weighted by atomic mass is 10.2. The number of hydrazine groups is 1. The molecule has 25 heavy (non-hydrogen) atoms. The Morgan fingerprint density at radius 1 is 0.960 bits per heavy atom. The highest BCUT2D eigenvalue weighted by Gasteiger charge is 1.99. The van der Waals surface area contributed by atoms with Crippen molar-refractivity contribution < 1.29 is 4.79 Å². The molecule has 0 heterocycles. The van der Waals surface area contributed by atoms with E-state index in [1.54, 1.807) is 6.08 Å². The Morgan fingerprint density at radius 2 is 1.60 bits per heavy atom. The Kier molecular flexibility index (Phi) is 6.84. The molecule has 0 unspecified atom stereocenters. The van der Waals surface area contributed by atoms with E-state index in [9.17, 15) is 4.79 Å². The molecule has 2 aromatic carbocycles. The van der Waals surface area contributed by atoms with Gasteiger partial charge >= 0.3 is 0 Å². The summed E-state index contributed by atoms with van der Waals surface area (Å²) in [5.41, 5.74) is 8.61. The van der Waals surface area contributed by atoms with Crippen molar-refractivity contribution in [2.45, 2.75) is 6.92 Å². The summed E-state index contributed by atoms with van der Waals surface area (Å²) in [6.07, 6.45) is 4.97. The minimum absolute atomic E-state index is 0.280. The summed E-state index contributed by atoms with van der Waals surface area (Å²) in [6.45, 7) is 5.77. The fourth-order valence-corrected chi connectivity index (χ4v) is 1.93. The quantitative estimate of drug-likeness (QED) is 0.379. The van der Waals surface area contributed by atoms with Crippen molar-refractivity contribution in [1.29, 1.82) is 0 Å². The van der Waals surface area contributed by atoms with Crippen LogP contribution in [0.1, 0.15) is 18.1 Å². The van der Waals surface area contributed by atoms with Gasteiger partial charge in [0.15, 0.2) is 0 Å². The van der Waals surface area contributed by atoms with Crippen LogP contribution in [0.5, 0.6) is 0 Å². The van der Waals surface area contributed by atoms with E-state index in [0.29, 0.717) is 5.70 Å². The van der Waals surface area contributed by atoms with Crippen LogP contribution in [-0.4, -0.2) is 5.91 Å². The first-order valence-corrected chi connectivity index (χ1v) is 7.91. The van der Waals surface area contributed by atoms with Gasteiger partial charge in [0.25, 0.3) is 5.91 Å². The highest BCUT2D eigenvalue weighted by molar-refractivity contribution is 5.88. The molecule has 124 valence electrons. The van der Waals surface area contributed by atoms with Gasteiger partial charge in [0.2, 0.25) is 0 Å². The maximum Gasteiger partial charge on any atom is 0.262 e. The minimum Gasteiger partial charge on any atom is -0.298 e. The number of amides is 1. The summed E-state index contributed by atoms with van der Waals surface area (Å²) in [5.74, 6) is 5.82. The monoisotopic (exact) mass is 328 g/mol. The predicted molar refractivity (Wildman–Crippen MR) is 103 cm³/mol. The SMILES string of the molecule is C=C(NNC(=O)/C=C/C(C#Cc1ccccc1)=C\C)c1ccccc1. The van der Waals surface area contributed by atoms with Crippen molar-refractivity contribution in [1.82, 2.24) is 10.9 Å². The molecule has 2 rings (SSSR count). The second kappa shape index (κ2) is 9.59. The van der Waals surface area contributed by atoms with Crippen molar-refractivity contribution in [2.24, 2.45) is 0 Å². The fourth-order valence-electron chi connectivity index (χ4n) is 1.93. The predicted octanol–water partition coefficient (Wildman–Crippen LogP) is 3.83. The molecule has 0 atom stereocenters. The van der Waals surface area contributed by atoms with Gasteiger partial charge < -0.3 is 0 Å². The molecule has 0 fully saturated rings. The highest BCUT2D eigenvalue weighted by atomic mass is 16.2. The maximum absolute atomic E-state index is 11.9. The number of carbonyl (C=O) groups excluding carboxylic acids is 1. The van der Waals surface area contributed by atoms with Gasteiger partial charge in [-0.1, -0.05) is 73.0 Å². The van der Waals surface area contributed by atoms with Crippen molar-refractivity contribution >= 4 is 11.6 Å². The van der Waals surface area contributed by atoms with E-state index in [-0.39, 0.29) is 5.91 Å². The van der Waals surface area contributed by atoms with E-state index in [0.717, 1.165) is 16.7 Å². The van der Waals surface area contributed by atoms with Crippen molar-refractivity contribution in [2.75, 3.05) is 0 Å². The summed E-state index contributed by atoms with van der Waals surface area (Å²) < 4.78 is 0. The summed E-state index contributed by atoms with van der Waals surface area (Å²) in [5, 5.41) is 0. The van der Waals surface area contributed by atoms with E-state index in [1.165, 1.54) is 6.08 Å². The van der Waals surface area contributed by atoms with Crippen LogP contribution in [0.25, 0.3) is 5.70 Å². The van der Waals surface area contributed by atoms with Gasteiger partial charge in [0, 0.05) is 17.2 Å². The van der Waals surface area contributed by atoms with Gasteiger partial charge in [0.1, 0.15) is 0 Å². The molecule has 2 aromatic rings. The lowest BCUT2D eigenvalue weighted by Crippen LogP contribution is -2.34. The lowest BCUT2D eigenvalue weighted by Gasteiger charge is -2.09. The molecule has 0 radical (unpaired) electrons. The number of rotatable bonds is 5. The maximum atomic E-state index is 11.9.